The lowest BCUT2D eigenvalue weighted by Crippen LogP contribution is -2.30. The Morgan fingerprint density at radius 1 is 1.42 bits per heavy atom. The topological polar surface area (TPSA) is 60.8 Å². The molecule has 0 amide bonds. The van der Waals surface area contributed by atoms with Crippen LogP contribution >= 0.6 is 0 Å². The third-order valence-electron chi connectivity index (χ3n) is 2.66. The minimum atomic E-state index is 0.630. The maximum absolute atomic E-state index is 8.14. The van der Waals surface area contributed by atoms with Gasteiger partial charge in [-0.15, -0.1) is 0 Å². The minimum absolute atomic E-state index is 0.630. The average molecular weight is 168 g/mol. The highest BCUT2D eigenvalue weighted by molar-refractivity contribution is 4.76. The fourth-order valence-corrected chi connectivity index (χ4v) is 1.79. The van der Waals surface area contributed by atoms with Gasteiger partial charge in [-0.2, -0.15) is 0 Å². The molecule has 1 rings (SSSR count). The molecule has 0 saturated heterocycles. The smallest absolute Gasteiger partial charge is 0.0286 e. The zero-order valence-corrected chi connectivity index (χ0v) is 7.53. The van der Waals surface area contributed by atoms with Crippen molar-refractivity contribution in [1.29, 1.82) is 0 Å². The lowest BCUT2D eigenvalue weighted by molar-refractivity contribution is 0.307. The Labute approximate surface area is 73.0 Å². The largest absolute Gasteiger partial charge is 0.317 e. The standard InChI is InChI=1S/C8H16N4/c1-10-8-4-2-7(3-5-8)6-11-12-9/h7-8,10H,2-6H2,1H3. The molecule has 4 heteroatoms. The van der Waals surface area contributed by atoms with E-state index in [4.69, 9.17) is 5.53 Å². The van der Waals surface area contributed by atoms with Crippen molar-refractivity contribution in [2.75, 3.05) is 13.6 Å². The number of rotatable bonds is 3. The second-order valence-corrected chi connectivity index (χ2v) is 3.42. The zero-order chi connectivity index (χ0) is 8.81. The molecule has 0 aromatic carbocycles. The van der Waals surface area contributed by atoms with Gasteiger partial charge >= 0.3 is 0 Å². The van der Waals surface area contributed by atoms with Gasteiger partial charge in [-0.25, -0.2) is 0 Å². The quantitative estimate of drug-likeness (QED) is 0.391. The summed E-state index contributed by atoms with van der Waals surface area (Å²) in [6, 6.07) is 0.687. The summed E-state index contributed by atoms with van der Waals surface area (Å²) in [5.74, 6) is 0.630. The van der Waals surface area contributed by atoms with Crippen LogP contribution in [0.2, 0.25) is 0 Å². The van der Waals surface area contributed by atoms with Crippen molar-refractivity contribution in [2.24, 2.45) is 11.0 Å². The number of azide groups is 1. The van der Waals surface area contributed by atoms with E-state index in [-0.39, 0.29) is 0 Å². The van der Waals surface area contributed by atoms with Gasteiger partial charge in [0.25, 0.3) is 0 Å². The predicted molar refractivity (Wildman–Crippen MR) is 48.8 cm³/mol. The van der Waals surface area contributed by atoms with Gasteiger partial charge in [0.05, 0.1) is 0 Å². The minimum Gasteiger partial charge on any atom is -0.317 e. The summed E-state index contributed by atoms with van der Waals surface area (Å²) in [7, 11) is 2.01. The molecular weight excluding hydrogens is 152 g/mol. The van der Waals surface area contributed by atoms with Crippen molar-refractivity contribution in [3.05, 3.63) is 10.4 Å². The lowest BCUT2D eigenvalue weighted by atomic mass is 9.86. The summed E-state index contributed by atoms with van der Waals surface area (Å²) in [6.45, 7) is 0.687. The van der Waals surface area contributed by atoms with Gasteiger partial charge in [0.2, 0.25) is 0 Å². The molecule has 0 atom stereocenters. The number of hydrogen-bond donors (Lipinski definition) is 1. The van der Waals surface area contributed by atoms with Crippen molar-refractivity contribution in [2.45, 2.75) is 31.7 Å². The Kier molecular flexibility index (Phi) is 3.91. The second-order valence-electron chi connectivity index (χ2n) is 3.42. The molecular formula is C8H16N4. The Balaban J connectivity index is 2.21. The Hall–Kier alpha value is -0.730. The van der Waals surface area contributed by atoms with Gasteiger partial charge in [0.1, 0.15) is 0 Å². The van der Waals surface area contributed by atoms with E-state index in [1.807, 2.05) is 7.05 Å². The molecule has 0 heterocycles. The molecule has 1 saturated carbocycles. The molecule has 1 N–H and O–H groups in total. The molecule has 0 aromatic heterocycles. The summed E-state index contributed by atoms with van der Waals surface area (Å²) in [4.78, 5) is 2.78. The average Bonchev–Trinajstić information content (AvgIpc) is 2.15. The second kappa shape index (κ2) is 5.01. The fourth-order valence-electron chi connectivity index (χ4n) is 1.79. The highest BCUT2D eigenvalue weighted by Gasteiger charge is 2.18. The van der Waals surface area contributed by atoms with Gasteiger partial charge < -0.3 is 5.32 Å². The molecule has 0 radical (unpaired) electrons. The van der Waals surface area contributed by atoms with Crippen LogP contribution in [0.3, 0.4) is 0 Å². The van der Waals surface area contributed by atoms with E-state index >= 15 is 0 Å². The third kappa shape index (κ3) is 2.72. The van der Waals surface area contributed by atoms with Gasteiger partial charge in [-0.3, -0.25) is 0 Å². The van der Waals surface area contributed by atoms with Crippen LogP contribution in [0.4, 0.5) is 0 Å². The van der Waals surface area contributed by atoms with E-state index in [1.54, 1.807) is 0 Å². The van der Waals surface area contributed by atoms with Gasteiger partial charge in [-0.1, -0.05) is 5.11 Å². The summed E-state index contributed by atoms with van der Waals surface area (Å²) >= 11 is 0. The highest BCUT2D eigenvalue weighted by Crippen LogP contribution is 2.24. The maximum atomic E-state index is 8.14. The van der Waals surface area contributed by atoms with Crippen molar-refractivity contribution in [1.82, 2.24) is 5.32 Å². The SMILES string of the molecule is CNC1CCC(CN=[N+]=[N-])CC1. The van der Waals surface area contributed by atoms with Crippen molar-refractivity contribution in [3.8, 4) is 0 Å². The molecule has 1 aliphatic carbocycles. The monoisotopic (exact) mass is 168 g/mol. The van der Waals surface area contributed by atoms with Gasteiger partial charge in [0.15, 0.2) is 0 Å². The van der Waals surface area contributed by atoms with Crippen LogP contribution in [0.25, 0.3) is 10.4 Å². The molecule has 12 heavy (non-hydrogen) atoms. The number of nitrogens with one attached hydrogen (secondary N) is 1. The molecule has 4 nitrogen and oxygen atoms in total. The molecule has 1 aliphatic rings. The molecule has 68 valence electrons. The maximum Gasteiger partial charge on any atom is 0.0286 e. The first-order valence-electron chi connectivity index (χ1n) is 4.55. The number of nitrogens with zero attached hydrogens (tertiary/aromatic N) is 3. The molecule has 0 unspecified atom stereocenters. The van der Waals surface area contributed by atoms with E-state index in [1.165, 1.54) is 25.7 Å². The van der Waals surface area contributed by atoms with E-state index in [0.717, 1.165) is 0 Å². The summed E-state index contributed by atoms with van der Waals surface area (Å²) in [5.41, 5.74) is 8.14. The Bertz CT molecular complexity index is 166. The first-order chi connectivity index (χ1) is 5.86. The van der Waals surface area contributed by atoms with Crippen LogP contribution in [-0.4, -0.2) is 19.6 Å². The summed E-state index contributed by atoms with van der Waals surface area (Å²) < 4.78 is 0. The number of hydrogen-bond acceptors (Lipinski definition) is 2. The van der Waals surface area contributed by atoms with E-state index in [2.05, 4.69) is 15.3 Å². The van der Waals surface area contributed by atoms with E-state index in [9.17, 15) is 0 Å². The lowest BCUT2D eigenvalue weighted by Gasteiger charge is -2.26. The van der Waals surface area contributed by atoms with Crippen LogP contribution in [-0.2, 0) is 0 Å². The molecule has 0 spiro atoms. The first kappa shape index (κ1) is 9.36. The normalized spacial score (nSPS) is 29.4. The van der Waals surface area contributed by atoms with E-state index < -0.39 is 0 Å². The first-order valence-corrected chi connectivity index (χ1v) is 4.55. The Morgan fingerprint density at radius 3 is 2.58 bits per heavy atom. The van der Waals surface area contributed by atoms with Gasteiger partial charge in [0, 0.05) is 17.5 Å². The fraction of sp³-hybridized carbons (Fsp3) is 1.00. The summed E-state index contributed by atoms with van der Waals surface area (Å²) in [5, 5.41) is 6.88. The summed E-state index contributed by atoms with van der Waals surface area (Å²) in [6.07, 6.45) is 4.85. The molecule has 0 bridgehead atoms. The highest BCUT2D eigenvalue weighted by atomic mass is 15.1. The van der Waals surface area contributed by atoms with Gasteiger partial charge in [-0.05, 0) is 44.2 Å². The van der Waals surface area contributed by atoms with Crippen LogP contribution in [0.15, 0.2) is 5.11 Å². The van der Waals surface area contributed by atoms with Crippen LogP contribution < -0.4 is 5.32 Å². The van der Waals surface area contributed by atoms with Crippen molar-refractivity contribution >= 4 is 0 Å². The third-order valence-corrected chi connectivity index (χ3v) is 2.66. The van der Waals surface area contributed by atoms with Crippen LogP contribution in [0, 0.1) is 5.92 Å². The van der Waals surface area contributed by atoms with Crippen LogP contribution in [0.5, 0.6) is 0 Å². The van der Waals surface area contributed by atoms with Crippen molar-refractivity contribution < 1.29 is 0 Å². The Morgan fingerprint density at radius 2 is 2.08 bits per heavy atom. The molecule has 0 aromatic rings. The van der Waals surface area contributed by atoms with E-state index in [0.29, 0.717) is 18.5 Å². The van der Waals surface area contributed by atoms with Crippen molar-refractivity contribution in [3.63, 3.8) is 0 Å². The zero-order valence-electron chi connectivity index (χ0n) is 7.53. The molecule has 0 aliphatic heterocycles. The van der Waals surface area contributed by atoms with Crippen LogP contribution in [0.1, 0.15) is 25.7 Å². The molecule has 1 fully saturated rings. The predicted octanol–water partition coefficient (Wildman–Crippen LogP) is 2.07.